The average Bonchev–Trinajstić information content (AvgIpc) is 1.83. The lowest BCUT2D eigenvalue weighted by atomic mass is 9.86. The molecular formula is C8H13Cl. The summed E-state index contributed by atoms with van der Waals surface area (Å²) in [5.74, 6) is 0.542. The molecule has 0 aromatic rings. The van der Waals surface area contributed by atoms with Crippen LogP contribution in [-0.4, -0.2) is 5.38 Å². The summed E-state index contributed by atoms with van der Waals surface area (Å²) in [6, 6.07) is 0. The lowest BCUT2D eigenvalue weighted by Crippen LogP contribution is -2.18. The lowest BCUT2D eigenvalue weighted by molar-refractivity contribution is 0.494. The number of halogens is 1. The van der Waals surface area contributed by atoms with Crippen molar-refractivity contribution in [2.24, 2.45) is 5.92 Å². The summed E-state index contributed by atoms with van der Waals surface area (Å²) in [6.45, 7) is 6.13. The maximum Gasteiger partial charge on any atom is 0.0398 e. The minimum atomic E-state index is 0.353. The van der Waals surface area contributed by atoms with Gasteiger partial charge in [0.15, 0.2) is 0 Å². The van der Waals surface area contributed by atoms with Gasteiger partial charge in [-0.1, -0.05) is 19.1 Å². The fraction of sp³-hybridized carbons (Fsp3) is 0.750. The van der Waals surface area contributed by atoms with Crippen molar-refractivity contribution in [3.05, 3.63) is 12.2 Å². The second-order valence-corrected chi connectivity index (χ2v) is 3.42. The van der Waals surface area contributed by atoms with Gasteiger partial charge < -0.3 is 0 Å². The van der Waals surface area contributed by atoms with Gasteiger partial charge >= 0.3 is 0 Å². The highest BCUT2D eigenvalue weighted by molar-refractivity contribution is 6.21. The Balaban J connectivity index is 2.51. The van der Waals surface area contributed by atoms with E-state index >= 15 is 0 Å². The van der Waals surface area contributed by atoms with Crippen molar-refractivity contribution in [1.29, 1.82) is 0 Å². The first kappa shape index (κ1) is 7.14. The normalized spacial score (nSPS) is 36.9. The molecule has 0 nitrogen and oxygen atoms in total. The number of alkyl halides is 1. The van der Waals surface area contributed by atoms with Gasteiger partial charge in [0.25, 0.3) is 0 Å². The second-order valence-electron chi connectivity index (χ2n) is 2.86. The van der Waals surface area contributed by atoms with Crippen molar-refractivity contribution < 1.29 is 0 Å². The Morgan fingerprint density at radius 2 is 2.33 bits per heavy atom. The van der Waals surface area contributed by atoms with Gasteiger partial charge in [-0.25, -0.2) is 0 Å². The lowest BCUT2D eigenvalue weighted by Gasteiger charge is -2.25. The number of hydrogen-bond donors (Lipinski definition) is 0. The summed E-state index contributed by atoms with van der Waals surface area (Å²) in [7, 11) is 0. The Bertz CT molecular complexity index is 118. The first-order valence-electron chi connectivity index (χ1n) is 3.53. The van der Waals surface area contributed by atoms with Gasteiger partial charge in [0, 0.05) is 5.38 Å². The van der Waals surface area contributed by atoms with Crippen LogP contribution in [0.15, 0.2) is 12.2 Å². The molecule has 1 saturated carbocycles. The van der Waals surface area contributed by atoms with Gasteiger partial charge in [-0.3, -0.25) is 0 Å². The summed E-state index contributed by atoms with van der Waals surface area (Å²) >= 11 is 6.00. The van der Waals surface area contributed by atoms with E-state index < -0.39 is 0 Å². The van der Waals surface area contributed by atoms with E-state index in [1.807, 2.05) is 0 Å². The predicted octanol–water partition coefficient (Wildman–Crippen LogP) is 2.97. The van der Waals surface area contributed by atoms with Crippen molar-refractivity contribution in [2.45, 2.75) is 31.6 Å². The molecule has 0 amide bonds. The van der Waals surface area contributed by atoms with Crippen molar-refractivity contribution in [2.75, 3.05) is 0 Å². The zero-order valence-electron chi connectivity index (χ0n) is 5.86. The Morgan fingerprint density at radius 3 is 2.78 bits per heavy atom. The van der Waals surface area contributed by atoms with Crippen LogP contribution in [0.5, 0.6) is 0 Å². The van der Waals surface area contributed by atoms with E-state index in [0.29, 0.717) is 11.3 Å². The van der Waals surface area contributed by atoms with Gasteiger partial charge in [-0.2, -0.15) is 0 Å². The van der Waals surface area contributed by atoms with E-state index in [0.717, 1.165) is 0 Å². The summed E-state index contributed by atoms with van der Waals surface area (Å²) in [4.78, 5) is 0. The quantitative estimate of drug-likeness (QED) is 0.362. The minimum Gasteiger partial charge on any atom is -0.122 e. The smallest absolute Gasteiger partial charge is 0.0398 e. The molecule has 52 valence electrons. The van der Waals surface area contributed by atoms with Crippen LogP contribution in [0.3, 0.4) is 0 Å². The summed E-state index contributed by atoms with van der Waals surface area (Å²) < 4.78 is 0. The second kappa shape index (κ2) is 2.74. The average molecular weight is 145 g/mol. The van der Waals surface area contributed by atoms with Crippen molar-refractivity contribution >= 4 is 11.6 Å². The standard InChI is InChI=1S/C8H13Cl/c1-6-4-3-5-8(9)7(6)2/h7-8H,1,3-5H2,2H3. The molecule has 0 heterocycles. The van der Waals surface area contributed by atoms with E-state index in [-0.39, 0.29) is 0 Å². The van der Waals surface area contributed by atoms with Crippen LogP contribution in [0, 0.1) is 5.92 Å². The van der Waals surface area contributed by atoms with Gasteiger partial charge in [0.05, 0.1) is 0 Å². The molecule has 0 saturated heterocycles. The van der Waals surface area contributed by atoms with Crippen LogP contribution in [0.25, 0.3) is 0 Å². The molecule has 2 unspecified atom stereocenters. The number of hydrogen-bond acceptors (Lipinski definition) is 0. The largest absolute Gasteiger partial charge is 0.122 e. The highest BCUT2D eigenvalue weighted by atomic mass is 35.5. The van der Waals surface area contributed by atoms with E-state index in [1.165, 1.54) is 24.8 Å². The van der Waals surface area contributed by atoms with Crippen LogP contribution in [0.1, 0.15) is 26.2 Å². The maximum atomic E-state index is 6.00. The molecule has 0 aromatic carbocycles. The van der Waals surface area contributed by atoms with E-state index in [1.54, 1.807) is 0 Å². The first-order valence-corrected chi connectivity index (χ1v) is 3.97. The SMILES string of the molecule is C=C1CCCC(Cl)C1C. The highest BCUT2D eigenvalue weighted by Gasteiger charge is 2.21. The van der Waals surface area contributed by atoms with Gasteiger partial charge in [0.2, 0.25) is 0 Å². The van der Waals surface area contributed by atoms with Crippen molar-refractivity contribution in [1.82, 2.24) is 0 Å². The Hall–Kier alpha value is 0.0300. The zero-order chi connectivity index (χ0) is 6.85. The summed E-state index contributed by atoms with van der Waals surface area (Å²) in [6.07, 6.45) is 3.59. The van der Waals surface area contributed by atoms with Crippen LogP contribution in [0.4, 0.5) is 0 Å². The summed E-state index contributed by atoms with van der Waals surface area (Å²) in [5, 5.41) is 0.353. The van der Waals surface area contributed by atoms with E-state index in [9.17, 15) is 0 Å². The van der Waals surface area contributed by atoms with Crippen LogP contribution in [-0.2, 0) is 0 Å². The molecule has 0 N–H and O–H groups in total. The van der Waals surface area contributed by atoms with E-state index in [4.69, 9.17) is 11.6 Å². The molecule has 1 fully saturated rings. The molecule has 1 rings (SSSR count). The fourth-order valence-corrected chi connectivity index (χ4v) is 1.59. The minimum absolute atomic E-state index is 0.353. The number of rotatable bonds is 0. The van der Waals surface area contributed by atoms with E-state index in [2.05, 4.69) is 13.5 Å². The molecule has 0 aliphatic heterocycles. The first-order chi connectivity index (χ1) is 4.22. The Labute approximate surface area is 61.9 Å². The molecule has 2 atom stereocenters. The van der Waals surface area contributed by atoms with Gasteiger partial charge in [-0.05, 0) is 25.2 Å². The molecule has 0 spiro atoms. The zero-order valence-corrected chi connectivity index (χ0v) is 6.62. The molecule has 1 heteroatoms. The van der Waals surface area contributed by atoms with Gasteiger partial charge in [-0.15, -0.1) is 11.6 Å². The predicted molar refractivity (Wildman–Crippen MR) is 41.8 cm³/mol. The molecule has 1 aliphatic carbocycles. The fourth-order valence-electron chi connectivity index (χ4n) is 1.26. The Morgan fingerprint density at radius 1 is 1.67 bits per heavy atom. The number of allylic oxidation sites excluding steroid dienone is 1. The molecule has 1 aliphatic rings. The van der Waals surface area contributed by atoms with Crippen molar-refractivity contribution in [3.63, 3.8) is 0 Å². The molecular weight excluding hydrogens is 132 g/mol. The van der Waals surface area contributed by atoms with Crippen molar-refractivity contribution in [3.8, 4) is 0 Å². The monoisotopic (exact) mass is 144 g/mol. The topological polar surface area (TPSA) is 0 Å². The Kier molecular flexibility index (Phi) is 2.18. The van der Waals surface area contributed by atoms with Crippen LogP contribution in [0.2, 0.25) is 0 Å². The summed E-state index contributed by atoms with van der Waals surface area (Å²) in [5.41, 5.74) is 1.33. The van der Waals surface area contributed by atoms with Gasteiger partial charge in [0.1, 0.15) is 0 Å². The maximum absolute atomic E-state index is 6.00. The molecule has 0 bridgehead atoms. The highest BCUT2D eigenvalue weighted by Crippen LogP contribution is 2.31. The molecule has 9 heavy (non-hydrogen) atoms. The molecule has 0 radical (unpaired) electrons. The third-order valence-corrected chi connectivity index (χ3v) is 2.76. The van der Waals surface area contributed by atoms with Crippen LogP contribution < -0.4 is 0 Å². The third-order valence-electron chi connectivity index (χ3n) is 2.16. The third kappa shape index (κ3) is 1.48. The van der Waals surface area contributed by atoms with Crippen LogP contribution >= 0.6 is 11.6 Å². The molecule has 0 aromatic heterocycles.